The summed E-state index contributed by atoms with van der Waals surface area (Å²) < 4.78 is 6.44. The number of rotatable bonds is 3. The number of likely N-dealkylation sites (tertiary alicyclic amines) is 1. The second-order valence-electron chi connectivity index (χ2n) is 9.12. The smallest absolute Gasteiger partial charge is 0.153 e. The molecule has 1 spiro atoms. The van der Waals surface area contributed by atoms with Crippen molar-refractivity contribution in [2.45, 2.75) is 56.4 Å². The summed E-state index contributed by atoms with van der Waals surface area (Å²) in [5.74, 6) is 1.41. The third-order valence-electron chi connectivity index (χ3n) is 7.93. The number of hydrogen-bond donors (Lipinski definition) is 3. The van der Waals surface area contributed by atoms with Crippen LogP contribution < -0.4 is 5.32 Å². The average molecular weight is 358 g/mol. The molecule has 0 aromatic carbocycles. The van der Waals surface area contributed by atoms with Gasteiger partial charge in [-0.25, -0.2) is 0 Å². The maximum absolute atomic E-state index is 12.2. The minimum atomic E-state index is -0.771. The van der Waals surface area contributed by atoms with E-state index in [4.69, 9.17) is 4.74 Å². The molecule has 3 unspecified atom stereocenters. The van der Waals surface area contributed by atoms with Gasteiger partial charge in [0.25, 0.3) is 0 Å². The standard InChI is InChI=1S/C21H30N2O3/c1-12(2)11-23-9-8-20-17-13-4-5-15(24)18(17)26-19(20)14(22-3)6-7-21(20,25)16(23)10-13/h4-5,13-14,16-17,19,22,24-25H,1,6-11H2,2-3H3/t13?,14?,16-,17?,19+,20+,21-/m1/s1. The van der Waals surface area contributed by atoms with Gasteiger partial charge in [-0.1, -0.05) is 18.2 Å². The van der Waals surface area contributed by atoms with Crippen molar-refractivity contribution in [1.82, 2.24) is 10.2 Å². The molecule has 26 heavy (non-hydrogen) atoms. The first kappa shape index (κ1) is 16.8. The lowest BCUT2D eigenvalue weighted by molar-refractivity contribution is -0.253. The summed E-state index contributed by atoms with van der Waals surface area (Å²) in [5, 5.41) is 26.1. The van der Waals surface area contributed by atoms with E-state index in [1.165, 1.54) is 0 Å². The van der Waals surface area contributed by atoms with Crippen LogP contribution in [0, 0.1) is 17.3 Å². The van der Waals surface area contributed by atoms with Crippen LogP contribution in [0.4, 0.5) is 0 Å². The van der Waals surface area contributed by atoms with Gasteiger partial charge in [0.2, 0.25) is 0 Å². The average Bonchev–Trinajstić information content (AvgIpc) is 2.94. The number of nitrogens with one attached hydrogen (secondary N) is 1. The second-order valence-corrected chi connectivity index (χ2v) is 9.12. The highest BCUT2D eigenvalue weighted by atomic mass is 16.5. The summed E-state index contributed by atoms with van der Waals surface area (Å²) in [6.45, 7) is 7.98. The minimum absolute atomic E-state index is 0.0782. The fourth-order valence-corrected chi connectivity index (χ4v) is 7.07. The molecule has 0 aromatic rings. The first-order chi connectivity index (χ1) is 12.4. The van der Waals surface area contributed by atoms with E-state index in [1.54, 1.807) is 0 Å². The molecular formula is C21H30N2O3. The van der Waals surface area contributed by atoms with Gasteiger partial charge < -0.3 is 20.3 Å². The van der Waals surface area contributed by atoms with Gasteiger partial charge in [0.05, 0.1) is 11.0 Å². The molecule has 5 aliphatic rings. The SMILES string of the molecule is C=C(C)CN1CC[C@@]23C4C5=C(O)C=CC4C[C@@H]1[C@]2(O)CCC(NC)[C@@H]3O5. The van der Waals surface area contributed by atoms with Crippen molar-refractivity contribution in [2.24, 2.45) is 17.3 Å². The Hall–Kier alpha value is -1.30. The summed E-state index contributed by atoms with van der Waals surface area (Å²) in [6, 6.07) is 0.343. The van der Waals surface area contributed by atoms with Crippen LogP contribution in [-0.4, -0.2) is 59.0 Å². The highest BCUT2D eigenvalue weighted by Crippen LogP contribution is 2.69. The molecule has 4 fully saturated rings. The van der Waals surface area contributed by atoms with E-state index in [-0.39, 0.29) is 35.3 Å². The Morgan fingerprint density at radius 2 is 2.27 bits per heavy atom. The molecule has 2 bridgehead atoms. The molecule has 2 saturated heterocycles. The minimum Gasteiger partial charge on any atom is -0.504 e. The number of likely N-dealkylation sites (N-methyl/N-ethyl adjacent to an activating group) is 1. The van der Waals surface area contributed by atoms with Gasteiger partial charge in [-0.2, -0.15) is 0 Å². The zero-order valence-electron chi connectivity index (χ0n) is 15.7. The summed E-state index contributed by atoms with van der Waals surface area (Å²) >= 11 is 0. The summed E-state index contributed by atoms with van der Waals surface area (Å²) in [6.07, 6.45) is 7.39. The second kappa shape index (κ2) is 5.37. The number of piperidine rings is 1. The van der Waals surface area contributed by atoms with Gasteiger partial charge in [-0.05, 0) is 58.2 Å². The van der Waals surface area contributed by atoms with Crippen LogP contribution in [0.25, 0.3) is 0 Å². The number of ether oxygens (including phenoxy) is 1. The van der Waals surface area contributed by atoms with Crippen molar-refractivity contribution in [1.29, 1.82) is 0 Å². The van der Waals surface area contributed by atoms with E-state index in [0.717, 1.165) is 50.1 Å². The Labute approximate surface area is 155 Å². The lowest BCUT2D eigenvalue weighted by Crippen LogP contribution is -2.77. The fourth-order valence-electron chi connectivity index (χ4n) is 7.07. The molecule has 5 heteroatoms. The van der Waals surface area contributed by atoms with Gasteiger partial charge in [-0.3, -0.25) is 4.90 Å². The van der Waals surface area contributed by atoms with E-state index < -0.39 is 5.60 Å². The molecule has 5 nitrogen and oxygen atoms in total. The lowest BCUT2D eigenvalue weighted by atomic mass is 9.43. The predicted molar refractivity (Wildman–Crippen MR) is 99.5 cm³/mol. The van der Waals surface area contributed by atoms with Crippen molar-refractivity contribution < 1.29 is 14.9 Å². The molecular weight excluding hydrogens is 328 g/mol. The number of nitrogens with zero attached hydrogens (tertiary/aromatic N) is 1. The Kier molecular flexibility index (Phi) is 3.48. The normalized spacial score (nSPS) is 49.0. The molecule has 2 heterocycles. The van der Waals surface area contributed by atoms with Gasteiger partial charge in [-0.15, -0.1) is 0 Å². The Bertz CT molecular complexity index is 716. The van der Waals surface area contributed by atoms with E-state index in [0.29, 0.717) is 5.92 Å². The number of aliphatic hydroxyl groups excluding tert-OH is 1. The maximum Gasteiger partial charge on any atom is 0.153 e. The number of allylic oxidation sites excluding steroid dienone is 3. The Balaban J connectivity index is 1.66. The van der Waals surface area contributed by atoms with Crippen molar-refractivity contribution in [3.63, 3.8) is 0 Å². The fraction of sp³-hybridized carbons (Fsp3) is 0.714. The van der Waals surface area contributed by atoms with Crippen LogP contribution in [0.1, 0.15) is 32.6 Å². The van der Waals surface area contributed by atoms with Crippen LogP contribution in [0.5, 0.6) is 0 Å². The van der Waals surface area contributed by atoms with Crippen LogP contribution in [0.3, 0.4) is 0 Å². The van der Waals surface area contributed by atoms with Crippen LogP contribution >= 0.6 is 0 Å². The van der Waals surface area contributed by atoms with Crippen molar-refractivity contribution >= 4 is 0 Å². The monoisotopic (exact) mass is 358 g/mol. The van der Waals surface area contributed by atoms with Crippen molar-refractivity contribution in [3.05, 3.63) is 35.8 Å². The van der Waals surface area contributed by atoms with Gasteiger partial charge in [0.15, 0.2) is 5.76 Å². The van der Waals surface area contributed by atoms with E-state index in [2.05, 4.69) is 29.8 Å². The van der Waals surface area contributed by atoms with Crippen LogP contribution in [0.15, 0.2) is 35.8 Å². The van der Waals surface area contributed by atoms with Gasteiger partial charge in [0.1, 0.15) is 11.9 Å². The molecule has 0 radical (unpaired) electrons. The summed E-state index contributed by atoms with van der Waals surface area (Å²) in [7, 11) is 1.98. The molecule has 2 saturated carbocycles. The predicted octanol–water partition coefficient (Wildman–Crippen LogP) is 2.11. The third kappa shape index (κ3) is 1.82. The van der Waals surface area contributed by atoms with Crippen LogP contribution in [0.2, 0.25) is 0 Å². The Morgan fingerprint density at radius 3 is 3.00 bits per heavy atom. The zero-order chi connectivity index (χ0) is 18.3. The lowest BCUT2D eigenvalue weighted by Gasteiger charge is -2.67. The number of hydrogen-bond acceptors (Lipinski definition) is 5. The molecule has 2 aliphatic heterocycles. The van der Waals surface area contributed by atoms with Crippen molar-refractivity contribution in [3.8, 4) is 0 Å². The zero-order valence-corrected chi connectivity index (χ0v) is 15.7. The molecule has 0 aromatic heterocycles. The summed E-state index contributed by atoms with van der Waals surface area (Å²) in [4.78, 5) is 2.45. The van der Waals surface area contributed by atoms with E-state index in [1.807, 2.05) is 13.1 Å². The van der Waals surface area contributed by atoms with Crippen LogP contribution in [-0.2, 0) is 4.74 Å². The van der Waals surface area contributed by atoms with Gasteiger partial charge in [0, 0.05) is 24.5 Å². The molecule has 3 aliphatic carbocycles. The van der Waals surface area contributed by atoms with E-state index in [9.17, 15) is 10.2 Å². The topological polar surface area (TPSA) is 65.0 Å². The Morgan fingerprint density at radius 1 is 1.46 bits per heavy atom. The van der Waals surface area contributed by atoms with Crippen molar-refractivity contribution in [2.75, 3.05) is 20.1 Å². The molecule has 0 amide bonds. The summed E-state index contributed by atoms with van der Waals surface area (Å²) in [5.41, 5.74) is 0.0615. The first-order valence-corrected chi connectivity index (χ1v) is 9.98. The van der Waals surface area contributed by atoms with E-state index >= 15 is 0 Å². The largest absolute Gasteiger partial charge is 0.504 e. The molecule has 7 atom stereocenters. The molecule has 5 rings (SSSR count). The maximum atomic E-state index is 12.2. The quantitative estimate of drug-likeness (QED) is 0.675. The highest BCUT2D eigenvalue weighted by Gasteiger charge is 2.76. The molecule has 142 valence electrons. The third-order valence-corrected chi connectivity index (χ3v) is 7.93. The number of aliphatic hydroxyl groups is 2. The highest BCUT2D eigenvalue weighted by molar-refractivity contribution is 5.38. The first-order valence-electron chi connectivity index (χ1n) is 9.98. The molecule has 3 N–H and O–H groups in total. The van der Waals surface area contributed by atoms with Gasteiger partial charge >= 0.3 is 0 Å².